The lowest BCUT2D eigenvalue weighted by molar-refractivity contribution is -0.118. The number of nitrogens with one attached hydrogen (secondary N) is 2. The summed E-state index contributed by atoms with van der Waals surface area (Å²) < 4.78 is 27.6. The predicted molar refractivity (Wildman–Crippen MR) is 137 cm³/mol. The van der Waals surface area contributed by atoms with Crippen LogP contribution in [0.4, 0.5) is 14.6 Å². The van der Waals surface area contributed by atoms with Gasteiger partial charge in [0.2, 0.25) is 6.41 Å². The van der Waals surface area contributed by atoms with Crippen molar-refractivity contribution in [2.45, 2.75) is 96.2 Å². The zero-order valence-corrected chi connectivity index (χ0v) is 22.0. The minimum absolute atomic E-state index is 0.0684. The van der Waals surface area contributed by atoms with Gasteiger partial charge in [-0.2, -0.15) is 0 Å². The third-order valence-corrected chi connectivity index (χ3v) is 8.66. The van der Waals surface area contributed by atoms with Crippen LogP contribution in [0.3, 0.4) is 0 Å². The molecule has 3 aliphatic rings. The van der Waals surface area contributed by atoms with E-state index in [1.807, 2.05) is 4.90 Å². The highest BCUT2D eigenvalue weighted by atomic mass is 32.1. The molecule has 2 aliphatic carbocycles. The number of rotatable bonds is 7. The molecule has 1 aliphatic heterocycles. The van der Waals surface area contributed by atoms with E-state index in [9.17, 15) is 18.4 Å². The minimum Gasteiger partial charge on any atom is -0.365 e. The minimum atomic E-state index is -2.64. The molecule has 36 heavy (non-hydrogen) atoms. The summed E-state index contributed by atoms with van der Waals surface area (Å²) >= 11 is 1.15. The van der Waals surface area contributed by atoms with Crippen LogP contribution in [0.25, 0.3) is 10.4 Å². The number of aryl methyl sites for hydroxylation is 1. The lowest BCUT2D eigenvalue weighted by atomic mass is 9.78. The Morgan fingerprint density at radius 1 is 1.25 bits per heavy atom. The summed E-state index contributed by atoms with van der Waals surface area (Å²) in [5, 5.41) is 6.53. The fourth-order valence-corrected chi connectivity index (χ4v) is 5.71. The summed E-state index contributed by atoms with van der Waals surface area (Å²) in [6, 6.07) is 2.13. The monoisotopic (exact) mass is 519 g/mol. The molecule has 1 unspecified atom stereocenters. The van der Waals surface area contributed by atoms with E-state index in [2.05, 4.69) is 34.4 Å². The highest BCUT2D eigenvalue weighted by Crippen LogP contribution is 2.39. The van der Waals surface area contributed by atoms with Gasteiger partial charge in [0.25, 0.3) is 12.3 Å². The SMILES string of the molecule is CC1CCCN1C=O.Cc1nc(C(=O)NC2CCC2)sc1-c1cnc(NC2(C)CCC2)cc1C(F)F. The van der Waals surface area contributed by atoms with Gasteiger partial charge in [-0.15, -0.1) is 11.3 Å². The Kier molecular flexibility index (Phi) is 8.22. The molecule has 0 radical (unpaired) electrons. The van der Waals surface area contributed by atoms with Crippen LogP contribution in [-0.4, -0.2) is 51.4 Å². The third kappa shape index (κ3) is 6.02. The van der Waals surface area contributed by atoms with Crippen molar-refractivity contribution in [1.82, 2.24) is 20.2 Å². The Hall–Kier alpha value is -2.62. The summed E-state index contributed by atoms with van der Waals surface area (Å²) in [5.41, 5.74) is 0.760. The lowest BCUT2D eigenvalue weighted by Crippen LogP contribution is -2.41. The van der Waals surface area contributed by atoms with Gasteiger partial charge in [0.15, 0.2) is 5.01 Å². The van der Waals surface area contributed by atoms with Crippen LogP contribution >= 0.6 is 11.3 Å². The van der Waals surface area contributed by atoms with Gasteiger partial charge in [0.05, 0.1) is 10.6 Å². The Morgan fingerprint density at radius 3 is 2.50 bits per heavy atom. The van der Waals surface area contributed by atoms with Crippen LogP contribution in [0, 0.1) is 6.92 Å². The molecule has 7 nitrogen and oxygen atoms in total. The van der Waals surface area contributed by atoms with E-state index in [0.717, 1.165) is 62.8 Å². The normalized spacial score (nSPS) is 20.7. The van der Waals surface area contributed by atoms with Gasteiger partial charge >= 0.3 is 0 Å². The zero-order chi connectivity index (χ0) is 25.9. The van der Waals surface area contributed by atoms with E-state index in [0.29, 0.717) is 33.0 Å². The van der Waals surface area contributed by atoms with Crippen molar-refractivity contribution >= 4 is 29.5 Å². The van der Waals surface area contributed by atoms with Crippen molar-refractivity contribution in [2.24, 2.45) is 0 Å². The molecular formula is C26H35F2N5O2S. The van der Waals surface area contributed by atoms with Crippen molar-refractivity contribution in [3.8, 4) is 10.4 Å². The van der Waals surface area contributed by atoms with Crippen LogP contribution in [0.15, 0.2) is 12.3 Å². The second kappa shape index (κ2) is 11.2. The number of pyridine rings is 1. The van der Waals surface area contributed by atoms with Gasteiger partial charge in [0.1, 0.15) is 5.82 Å². The number of carbonyl (C=O) groups is 2. The van der Waals surface area contributed by atoms with E-state index in [1.54, 1.807) is 6.92 Å². The number of hydrogen-bond donors (Lipinski definition) is 2. The maximum Gasteiger partial charge on any atom is 0.280 e. The Morgan fingerprint density at radius 2 is 2.00 bits per heavy atom. The van der Waals surface area contributed by atoms with Crippen LogP contribution in [0.2, 0.25) is 0 Å². The zero-order valence-electron chi connectivity index (χ0n) is 21.2. The molecule has 0 spiro atoms. The summed E-state index contributed by atoms with van der Waals surface area (Å²) in [6.07, 6.45) is 8.37. The molecule has 2 saturated carbocycles. The van der Waals surface area contributed by atoms with Crippen molar-refractivity contribution in [2.75, 3.05) is 11.9 Å². The Bertz CT molecular complexity index is 1080. The Labute approximate surface area is 215 Å². The number of hydrogen-bond acceptors (Lipinski definition) is 6. The fourth-order valence-electron chi connectivity index (χ4n) is 4.71. The van der Waals surface area contributed by atoms with Gasteiger partial charge in [0, 0.05) is 41.5 Å². The molecule has 0 bridgehead atoms. The van der Waals surface area contributed by atoms with Crippen molar-refractivity contribution < 1.29 is 18.4 Å². The van der Waals surface area contributed by atoms with Crippen LogP contribution in [0.5, 0.6) is 0 Å². The lowest BCUT2D eigenvalue weighted by Gasteiger charge is -2.39. The second-order valence-electron chi connectivity index (χ2n) is 10.4. The molecule has 0 aromatic carbocycles. The summed E-state index contributed by atoms with van der Waals surface area (Å²) in [4.78, 5) is 33.6. The highest BCUT2D eigenvalue weighted by molar-refractivity contribution is 7.17. The number of nitrogens with zero attached hydrogens (tertiary/aromatic N) is 3. The number of alkyl halides is 2. The molecule has 196 valence electrons. The van der Waals surface area contributed by atoms with E-state index < -0.39 is 6.43 Å². The first-order valence-electron chi connectivity index (χ1n) is 12.7. The van der Waals surface area contributed by atoms with E-state index >= 15 is 0 Å². The van der Waals surface area contributed by atoms with Gasteiger partial charge < -0.3 is 15.5 Å². The molecular weight excluding hydrogens is 484 g/mol. The largest absolute Gasteiger partial charge is 0.365 e. The van der Waals surface area contributed by atoms with Gasteiger partial charge in [-0.3, -0.25) is 9.59 Å². The second-order valence-corrected chi connectivity index (χ2v) is 11.4. The first kappa shape index (κ1) is 26.4. The molecule has 3 fully saturated rings. The molecule has 5 rings (SSSR count). The third-order valence-electron chi connectivity index (χ3n) is 7.47. The molecule has 2 amide bonds. The highest BCUT2D eigenvalue weighted by Gasteiger charge is 2.32. The van der Waals surface area contributed by atoms with Gasteiger partial charge in [-0.05, 0) is 78.2 Å². The number of amides is 2. The topological polar surface area (TPSA) is 87.2 Å². The fraction of sp³-hybridized carbons (Fsp3) is 0.615. The molecule has 2 aromatic heterocycles. The Balaban J connectivity index is 0.000000325. The summed E-state index contributed by atoms with van der Waals surface area (Å²) in [5.74, 6) is 0.234. The van der Waals surface area contributed by atoms with Crippen LogP contribution in [0.1, 0.15) is 92.7 Å². The smallest absolute Gasteiger partial charge is 0.280 e. The van der Waals surface area contributed by atoms with Crippen molar-refractivity contribution in [3.05, 3.63) is 28.5 Å². The molecule has 3 heterocycles. The first-order valence-corrected chi connectivity index (χ1v) is 13.6. The molecule has 1 saturated heterocycles. The standard InChI is InChI=1S/C20H24F2N4OS.C6H11NO/c1-11-16(28-19(24-11)18(27)25-12-5-3-6-12)14-10-23-15(9-13(14)17(21)22)26-20(2)7-4-8-20;1-6-3-2-4-7(6)5-8/h9-10,12,17H,3-8H2,1-2H3,(H,23,26)(H,25,27);5-6H,2-4H2,1H3. The molecule has 2 N–H and O–H groups in total. The molecule has 10 heteroatoms. The number of anilines is 1. The summed E-state index contributed by atoms with van der Waals surface area (Å²) in [6.45, 7) is 6.86. The number of carbonyl (C=O) groups excluding carboxylic acids is 2. The number of aromatic nitrogens is 2. The van der Waals surface area contributed by atoms with Crippen LogP contribution in [-0.2, 0) is 4.79 Å². The number of likely N-dealkylation sites (tertiary alicyclic amines) is 1. The van der Waals surface area contributed by atoms with E-state index in [-0.39, 0.29) is 23.1 Å². The van der Waals surface area contributed by atoms with Gasteiger partial charge in [-0.25, -0.2) is 18.7 Å². The summed E-state index contributed by atoms with van der Waals surface area (Å²) in [7, 11) is 0. The van der Waals surface area contributed by atoms with Crippen LogP contribution < -0.4 is 10.6 Å². The number of halogens is 2. The first-order chi connectivity index (χ1) is 17.2. The van der Waals surface area contributed by atoms with Crippen molar-refractivity contribution in [3.63, 3.8) is 0 Å². The predicted octanol–water partition coefficient (Wildman–Crippen LogP) is 5.72. The average Bonchev–Trinajstić information content (AvgIpc) is 3.40. The van der Waals surface area contributed by atoms with Crippen molar-refractivity contribution in [1.29, 1.82) is 0 Å². The van der Waals surface area contributed by atoms with E-state index in [4.69, 9.17) is 0 Å². The van der Waals surface area contributed by atoms with E-state index in [1.165, 1.54) is 25.1 Å². The molecule has 1 atom stereocenters. The maximum absolute atomic E-state index is 13.8. The quantitative estimate of drug-likeness (QED) is 0.457. The number of thiazole rings is 1. The molecule has 2 aromatic rings. The maximum atomic E-state index is 13.8. The average molecular weight is 520 g/mol. The van der Waals surface area contributed by atoms with Gasteiger partial charge in [-0.1, -0.05) is 0 Å².